The number of Topliss-reactive ketones (excluding diaryl/α,β-unsaturated/α-hetero) is 2. The minimum absolute atomic E-state index is 0.0156. The van der Waals surface area contributed by atoms with E-state index in [4.69, 9.17) is 35.2 Å². The van der Waals surface area contributed by atoms with Crippen LogP contribution in [0.4, 0.5) is 9.59 Å². The summed E-state index contributed by atoms with van der Waals surface area (Å²) in [7, 11) is 4.46. The van der Waals surface area contributed by atoms with Crippen molar-refractivity contribution >= 4 is 57.3 Å². The van der Waals surface area contributed by atoms with Crippen molar-refractivity contribution in [2.75, 3.05) is 32.6 Å². The van der Waals surface area contributed by atoms with Crippen LogP contribution < -0.4 is 11.5 Å². The van der Waals surface area contributed by atoms with E-state index in [9.17, 15) is 28.8 Å². The number of hydrogen-bond acceptors (Lipinski definition) is 15. The second-order valence-electron chi connectivity index (χ2n) is 22.4. The minimum Gasteiger partial charge on any atom is -0.462 e. The van der Waals surface area contributed by atoms with Crippen molar-refractivity contribution in [2.45, 2.75) is 262 Å². The summed E-state index contributed by atoms with van der Waals surface area (Å²) in [5, 5.41) is 0. The lowest BCUT2D eigenvalue weighted by atomic mass is 9.82. The molecule has 2 saturated heterocycles. The third kappa shape index (κ3) is 20.6. The molecule has 2 amide bonds. The van der Waals surface area contributed by atoms with E-state index in [1.807, 2.05) is 24.3 Å². The van der Waals surface area contributed by atoms with Gasteiger partial charge in [-0.05, 0) is 37.5 Å². The van der Waals surface area contributed by atoms with E-state index in [2.05, 4.69) is 13.8 Å². The van der Waals surface area contributed by atoms with Crippen molar-refractivity contribution in [1.82, 2.24) is 9.80 Å². The van der Waals surface area contributed by atoms with Crippen molar-refractivity contribution in [2.24, 2.45) is 17.4 Å². The molecule has 0 radical (unpaired) electrons. The fraction of sp³-hybridized carbons (Fsp3) is 0.742. The Bertz CT molecular complexity index is 2140. The minimum atomic E-state index is -1.40. The number of allylic oxidation sites excluding steroid dienone is 2. The number of esters is 2. The summed E-state index contributed by atoms with van der Waals surface area (Å²) in [5.74, 6) is -2.01. The highest BCUT2D eigenvalue weighted by Crippen LogP contribution is 2.60. The predicted molar refractivity (Wildman–Crippen MR) is 314 cm³/mol. The Kier molecular flexibility index (Phi) is 30.1. The van der Waals surface area contributed by atoms with Crippen LogP contribution in [-0.2, 0) is 49.5 Å². The van der Waals surface area contributed by atoms with Crippen LogP contribution >= 0.6 is 21.6 Å². The summed E-state index contributed by atoms with van der Waals surface area (Å²) in [6, 6.07) is 6.58. The second kappa shape index (κ2) is 36.3. The van der Waals surface area contributed by atoms with Crippen molar-refractivity contribution in [3.05, 3.63) is 52.4 Å². The van der Waals surface area contributed by atoms with Crippen LogP contribution in [-0.4, -0.2) is 102 Å². The van der Waals surface area contributed by atoms with Crippen LogP contribution in [0.3, 0.4) is 0 Å². The molecular weight excluding hydrogens is 1040 g/mol. The second-order valence-corrected chi connectivity index (χ2v) is 24.8. The third-order valence-corrected chi connectivity index (χ3v) is 18.7. The number of primary amides is 1. The number of carbonyl (C=O) groups is 6. The molecule has 0 aromatic heterocycles. The number of ketones is 2. The van der Waals surface area contributed by atoms with Crippen LogP contribution in [0, 0.1) is 5.92 Å². The molecule has 1 aromatic rings. The summed E-state index contributed by atoms with van der Waals surface area (Å²) >= 11 is 0. The summed E-state index contributed by atoms with van der Waals surface area (Å²) in [5.41, 5.74) is 10.9. The molecule has 3 heterocycles. The number of carbonyl (C=O) groups excluding carboxylic acids is 6. The van der Waals surface area contributed by atoms with Gasteiger partial charge in [-0.1, -0.05) is 227 Å². The van der Waals surface area contributed by atoms with Gasteiger partial charge in [0.25, 0.3) is 0 Å². The molecule has 5 rings (SSSR count). The zero-order valence-electron chi connectivity index (χ0n) is 48.6. The Balaban J connectivity index is 1.02. The highest BCUT2D eigenvalue weighted by Gasteiger charge is 2.78. The number of unbranched alkanes of at least 4 members (excludes halogenated alkanes) is 28. The molecule has 4 N–H and O–H groups in total. The topological polar surface area (TPSA) is 207 Å². The molecule has 0 spiro atoms. The van der Waals surface area contributed by atoms with Gasteiger partial charge in [-0.2, -0.15) is 0 Å². The number of nitrogens with two attached hydrogens (primary N) is 2. The average molecular weight is 1140 g/mol. The van der Waals surface area contributed by atoms with Gasteiger partial charge in [0.05, 0.1) is 23.4 Å². The Morgan fingerprint density at radius 2 is 1.14 bits per heavy atom. The standard InChI is InChI=1S/C62H98N4O11S2/c1-5-7-9-11-13-15-17-19-21-23-25-27-29-31-33-35-52(67)74-43-48(77-53(68)36-34-32-30-28-26-24-22-20-18-16-14-12-10-8-6-2)45-78-79-49-39-37-47(38-40-49)42-76-61(72)66-51-41-65-56-54(58(70)55(63)46(3)57(56)69)50(44-75-60(64)71)62(65,73-4)59(51)66/h37-40,48,50-51,59H,5-36,41-45,63H2,1-4H3,(H2,64,71)/t48?,50-,51+,59+,62-,66?/m1/s1. The van der Waals surface area contributed by atoms with Gasteiger partial charge in [-0.25, -0.2) is 9.59 Å². The molecule has 79 heavy (non-hydrogen) atoms. The number of nitrogens with zero attached hydrogens (tertiary/aromatic N) is 2. The van der Waals surface area contributed by atoms with Gasteiger partial charge in [0, 0.05) is 48.3 Å². The first-order valence-corrected chi connectivity index (χ1v) is 32.9. The summed E-state index contributed by atoms with van der Waals surface area (Å²) in [6.07, 6.45) is 36.2. The highest BCUT2D eigenvalue weighted by atomic mass is 33.1. The monoisotopic (exact) mass is 1140 g/mol. The fourth-order valence-corrected chi connectivity index (χ4v) is 13.8. The van der Waals surface area contributed by atoms with Crippen molar-refractivity contribution in [3.8, 4) is 0 Å². The molecule has 0 saturated carbocycles. The SMILES string of the molecule is CCCCCCCCCCCCCCCCCC(=O)OCC(CSSc1ccc(COC(=O)N2[C@H]3[C@@H]2CN2C4=C(C(=O)C(N)=C(C)C4=O)[C@@H](COC(N)=O)[C@@]32OC)cc1)OC(=O)CCCCCCCCCCCCCCCCC. The van der Waals surface area contributed by atoms with Crippen LogP contribution in [0.5, 0.6) is 0 Å². The molecule has 1 aliphatic carbocycles. The summed E-state index contributed by atoms with van der Waals surface area (Å²) in [4.78, 5) is 82.6. The molecule has 444 valence electrons. The van der Waals surface area contributed by atoms with Crippen molar-refractivity contribution < 1.29 is 52.5 Å². The summed E-state index contributed by atoms with van der Waals surface area (Å²) < 4.78 is 28.7. The maximum atomic E-state index is 13.6. The Hall–Kier alpha value is -4.22. The average Bonchev–Trinajstić information content (AvgIpc) is 2.51. The lowest BCUT2D eigenvalue weighted by Crippen LogP contribution is -2.56. The zero-order chi connectivity index (χ0) is 56.8. The van der Waals surface area contributed by atoms with Crippen LogP contribution in [0.1, 0.15) is 232 Å². The van der Waals surface area contributed by atoms with Gasteiger partial charge in [0.2, 0.25) is 11.6 Å². The van der Waals surface area contributed by atoms with E-state index >= 15 is 0 Å². The third-order valence-electron chi connectivity index (χ3n) is 16.3. The van der Waals surface area contributed by atoms with Gasteiger partial charge < -0.3 is 40.1 Å². The number of amides is 2. The van der Waals surface area contributed by atoms with E-state index in [-0.39, 0.29) is 66.9 Å². The number of hydrogen-bond donors (Lipinski definition) is 2. The fourth-order valence-electron chi connectivity index (χ4n) is 11.7. The van der Waals surface area contributed by atoms with E-state index in [1.54, 1.807) is 4.90 Å². The van der Waals surface area contributed by atoms with Crippen LogP contribution in [0.2, 0.25) is 0 Å². The normalized spacial score (nSPS) is 19.6. The van der Waals surface area contributed by atoms with Crippen LogP contribution in [0.15, 0.2) is 51.7 Å². The van der Waals surface area contributed by atoms with E-state index in [0.717, 1.165) is 49.0 Å². The molecule has 5 atom stereocenters. The molecule has 17 heteroatoms. The number of methoxy groups -OCH3 is 1. The molecular formula is C62H98N4O11S2. The Labute approximate surface area is 481 Å². The number of benzene rings is 1. The number of fused-ring (bicyclic) bond motifs is 4. The number of rotatable bonds is 44. The molecule has 3 aliphatic heterocycles. The smallest absolute Gasteiger partial charge is 0.410 e. The molecule has 15 nitrogen and oxygen atoms in total. The largest absolute Gasteiger partial charge is 0.462 e. The lowest BCUT2D eigenvalue weighted by Gasteiger charge is -2.40. The van der Waals surface area contributed by atoms with Crippen molar-refractivity contribution in [3.63, 3.8) is 0 Å². The Morgan fingerprint density at radius 1 is 0.658 bits per heavy atom. The molecule has 4 aliphatic rings. The van der Waals surface area contributed by atoms with E-state index < -0.39 is 47.5 Å². The first kappa shape index (κ1) is 65.6. The highest BCUT2D eigenvalue weighted by molar-refractivity contribution is 8.76. The molecule has 0 bridgehead atoms. The van der Waals surface area contributed by atoms with E-state index in [0.29, 0.717) is 18.6 Å². The first-order chi connectivity index (χ1) is 38.4. The molecule has 1 unspecified atom stereocenters. The quantitative estimate of drug-likeness (QED) is 0.0156. The van der Waals surface area contributed by atoms with Gasteiger partial charge >= 0.3 is 24.1 Å². The first-order valence-electron chi connectivity index (χ1n) is 30.6. The molecule has 2 fully saturated rings. The van der Waals surface area contributed by atoms with Crippen molar-refractivity contribution in [1.29, 1.82) is 0 Å². The predicted octanol–water partition coefficient (Wildman–Crippen LogP) is 14.1. The zero-order valence-corrected chi connectivity index (χ0v) is 50.3. The summed E-state index contributed by atoms with van der Waals surface area (Å²) in [6.45, 7) is 5.85. The Morgan fingerprint density at radius 3 is 1.62 bits per heavy atom. The van der Waals surface area contributed by atoms with Crippen LogP contribution in [0.25, 0.3) is 0 Å². The maximum absolute atomic E-state index is 13.6. The lowest BCUT2D eigenvalue weighted by molar-refractivity contribution is -0.157. The van der Waals surface area contributed by atoms with Gasteiger partial charge in [-0.15, -0.1) is 0 Å². The molecule has 1 aromatic carbocycles. The van der Waals surface area contributed by atoms with E-state index in [1.165, 1.54) is 195 Å². The van der Waals surface area contributed by atoms with Gasteiger partial charge in [0.1, 0.15) is 32.0 Å². The number of piperazine rings is 1. The maximum Gasteiger partial charge on any atom is 0.410 e. The number of ether oxygens (including phenoxy) is 5. The van der Waals surface area contributed by atoms with Gasteiger partial charge in [0.15, 0.2) is 5.72 Å². The van der Waals surface area contributed by atoms with Gasteiger partial charge in [-0.3, -0.25) is 24.1 Å².